The van der Waals surface area contributed by atoms with Crippen molar-refractivity contribution in [2.24, 2.45) is 5.92 Å². The average molecular weight is 326 g/mol. The van der Waals surface area contributed by atoms with Gasteiger partial charge >= 0.3 is 6.09 Å². The Morgan fingerprint density at radius 3 is 2.35 bits per heavy atom. The van der Waals surface area contributed by atoms with Gasteiger partial charge in [-0.3, -0.25) is 4.79 Å². The normalized spacial score (nSPS) is 18.3. The maximum Gasteiger partial charge on any atom is 0.407 e. The lowest BCUT2D eigenvalue weighted by molar-refractivity contribution is -0.123. The molecule has 0 aromatic carbocycles. The van der Waals surface area contributed by atoms with Gasteiger partial charge in [0.15, 0.2) is 0 Å². The van der Waals surface area contributed by atoms with E-state index in [9.17, 15) is 9.59 Å². The molecule has 0 saturated heterocycles. The average Bonchev–Trinajstić information content (AvgIpc) is 2.83. The van der Waals surface area contributed by atoms with Crippen LogP contribution in [0.1, 0.15) is 79.6 Å². The van der Waals surface area contributed by atoms with E-state index in [2.05, 4.69) is 24.5 Å². The van der Waals surface area contributed by atoms with Crippen LogP contribution in [0, 0.1) is 5.92 Å². The molecule has 1 unspecified atom stereocenters. The van der Waals surface area contributed by atoms with Crippen molar-refractivity contribution in [2.75, 3.05) is 6.54 Å². The van der Waals surface area contributed by atoms with Gasteiger partial charge in [0.05, 0.1) is 5.54 Å². The highest BCUT2D eigenvalue weighted by atomic mass is 16.6. The van der Waals surface area contributed by atoms with Crippen LogP contribution in [0.15, 0.2) is 0 Å². The molecule has 23 heavy (non-hydrogen) atoms. The van der Waals surface area contributed by atoms with Crippen molar-refractivity contribution >= 4 is 12.0 Å². The first-order chi connectivity index (χ1) is 10.7. The molecule has 0 aliphatic heterocycles. The Morgan fingerprint density at radius 1 is 1.22 bits per heavy atom. The number of carbonyl (C=O) groups is 2. The molecular formula is C18H34N2O3. The minimum atomic E-state index is -0.508. The fourth-order valence-corrected chi connectivity index (χ4v) is 3.21. The summed E-state index contributed by atoms with van der Waals surface area (Å²) in [5.74, 6) is 0.496. The van der Waals surface area contributed by atoms with Crippen LogP contribution in [0.2, 0.25) is 0 Å². The number of amides is 2. The van der Waals surface area contributed by atoms with Crippen molar-refractivity contribution < 1.29 is 14.3 Å². The Labute approximate surface area is 140 Å². The Morgan fingerprint density at radius 2 is 1.83 bits per heavy atom. The quantitative estimate of drug-likeness (QED) is 0.748. The zero-order valence-electron chi connectivity index (χ0n) is 15.5. The third-order valence-electron chi connectivity index (χ3n) is 4.25. The summed E-state index contributed by atoms with van der Waals surface area (Å²) in [6.45, 7) is 10.2. The molecule has 0 heterocycles. The Kier molecular flexibility index (Phi) is 7.36. The predicted molar refractivity (Wildman–Crippen MR) is 92.3 cm³/mol. The third kappa shape index (κ3) is 7.71. The van der Waals surface area contributed by atoms with E-state index in [1.807, 2.05) is 20.8 Å². The first-order valence-electron chi connectivity index (χ1n) is 8.94. The van der Waals surface area contributed by atoms with Gasteiger partial charge in [0, 0.05) is 13.0 Å². The largest absolute Gasteiger partial charge is 0.444 e. The van der Waals surface area contributed by atoms with E-state index in [0.29, 0.717) is 18.9 Å². The zero-order valence-corrected chi connectivity index (χ0v) is 15.5. The molecule has 0 radical (unpaired) electrons. The van der Waals surface area contributed by atoms with Crippen molar-refractivity contribution in [3.8, 4) is 0 Å². The second-order valence-electron chi connectivity index (χ2n) is 7.99. The van der Waals surface area contributed by atoms with Crippen molar-refractivity contribution in [1.82, 2.24) is 10.6 Å². The van der Waals surface area contributed by atoms with Crippen molar-refractivity contribution in [2.45, 2.75) is 90.7 Å². The molecule has 2 N–H and O–H groups in total. The molecule has 134 valence electrons. The molecular weight excluding hydrogens is 292 g/mol. The van der Waals surface area contributed by atoms with Crippen LogP contribution in [0.4, 0.5) is 4.79 Å². The van der Waals surface area contributed by atoms with E-state index in [4.69, 9.17) is 4.74 Å². The summed E-state index contributed by atoms with van der Waals surface area (Å²) in [6.07, 6.45) is 6.30. The van der Waals surface area contributed by atoms with E-state index in [1.165, 1.54) is 0 Å². The van der Waals surface area contributed by atoms with Crippen LogP contribution in [0.3, 0.4) is 0 Å². The van der Waals surface area contributed by atoms with Crippen LogP contribution in [-0.2, 0) is 9.53 Å². The van der Waals surface area contributed by atoms with Crippen molar-refractivity contribution in [1.29, 1.82) is 0 Å². The molecule has 0 spiro atoms. The highest BCUT2D eigenvalue weighted by molar-refractivity contribution is 5.77. The van der Waals surface area contributed by atoms with E-state index < -0.39 is 11.7 Å². The van der Waals surface area contributed by atoms with Crippen molar-refractivity contribution in [3.05, 3.63) is 0 Å². The second-order valence-corrected chi connectivity index (χ2v) is 7.99. The summed E-state index contributed by atoms with van der Waals surface area (Å²) >= 11 is 0. The SMILES string of the molecule is CCCC(C)CC(=O)NC1(CNC(=O)OC(C)(C)C)CCCC1. The van der Waals surface area contributed by atoms with Gasteiger partial charge < -0.3 is 15.4 Å². The maximum absolute atomic E-state index is 12.3. The van der Waals surface area contributed by atoms with Gasteiger partial charge in [-0.05, 0) is 39.5 Å². The summed E-state index contributed by atoms with van der Waals surface area (Å²) in [7, 11) is 0. The Balaban J connectivity index is 2.52. The van der Waals surface area contributed by atoms with E-state index in [1.54, 1.807) is 0 Å². The summed E-state index contributed by atoms with van der Waals surface area (Å²) in [6, 6.07) is 0. The molecule has 1 atom stereocenters. The summed E-state index contributed by atoms with van der Waals surface area (Å²) in [5.41, 5.74) is -0.814. The smallest absolute Gasteiger partial charge is 0.407 e. The molecule has 5 nitrogen and oxygen atoms in total. The van der Waals surface area contributed by atoms with Crippen molar-refractivity contribution in [3.63, 3.8) is 0 Å². The maximum atomic E-state index is 12.3. The van der Waals surface area contributed by atoms with Gasteiger partial charge in [0.1, 0.15) is 5.60 Å². The molecule has 0 bridgehead atoms. The fourth-order valence-electron chi connectivity index (χ4n) is 3.21. The fraction of sp³-hybridized carbons (Fsp3) is 0.889. The van der Waals surface area contributed by atoms with Gasteiger partial charge in [-0.1, -0.05) is 39.5 Å². The van der Waals surface area contributed by atoms with Crippen LogP contribution in [0.25, 0.3) is 0 Å². The lowest BCUT2D eigenvalue weighted by atomic mass is 9.95. The third-order valence-corrected chi connectivity index (χ3v) is 4.25. The Hall–Kier alpha value is -1.26. The monoisotopic (exact) mass is 326 g/mol. The number of carbonyl (C=O) groups excluding carboxylic acids is 2. The zero-order chi connectivity index (χ0) is 17.5. The highest BCUT2D eigenvalue weighted by Crippen LogP contribution is 2.29. The molecule has 1 aliphatic carbocycles. The molecule has 1 fully saturated rings. The minimum Gasteiger partial charge on any atom is -0.444 e. The number of rotatable bonds is 7. The summed E-state index contributed by atoms with van der Waals surface area (Å²) in [5, 5.41) is 6.02. The predicted octanol–water partition coefficient (Wildman–Crippen LogP) is 3.77. The van der Waals surface area contributed by atoms with Crippen LogP contribution in [-0.4, -0.2) is 29.7 Å². The van der Waals surface area contributed by atoms with Crippen LogP contribution >= 0.6 is 0 Å². The number of hydrogen-bond donors (Lipinski definition) is 2. The lowest BCUT2D eigenvalue weighted by Gasteiger charge is -2.31. The first kappa shape index (κ1) is 19.8. The molecule has 0 aromatic heterocycles. The molecule has 2 amide bonds. The number of ether oxygens (including phenoxy) is 1. The number of nitrogens with one attached hydrogen (secondary N) is 2. The summed E-state index contributed by atoms with van der Waals surface area (Å²) < 4.78 is 5.28. The Bertz CT molecular complexity index is 396. The second kappa shape index (κ2) is 8.55. The molecule has 1 saturated carbocycles. The molecule has 5 heteroatoms. The standard InChI is InChI=1S/C18H34N2O3/c1-6-9-14(2)12-15(21)20-18(10-7-8-11-18)13-19-16(22)23-17(3,4)5/h14H,6-13H2,1-5H3,(H,19,22)(H,20,21). The highest BCUT2D eigenvalue weighted by Gasteiger charge is 2.36. The van der Waals surface area contributed by atoms with E-state index in [-0.39, 0.29) is 11.4 Å². The van der Waals surface area contributed by atoms with Gasteiger partial charge in [0.2, 0.25) is 5.91 Å². The van der Waals surface area contributed by atoms with E-state index >= 15 is 0 Å². The van der Waals surface area contributed by atoms with Gasteiger partial charge in [-0.15, -0.1) is 0 Å². The van der Waals surface area contributed by atoms with Gasteiger partial charge in [0.25, 0.3) is 0 Å². The number of alkyl carbamates (subject to hydrolysis) is 1. The van der Waals surface area contributed by atoms with Crippen LogP contribution in [0.5, 0.6) is 0 Å². The van der Waals surface area contributed by atoms with Gasteiger partial charge in [-0.2, -0.15) is 0 Å². The molecule has 0 aromatic rings. The molecule has 1 rings (SSSR count). The number of hydrogen-bond acceptors (Lipinski definition) is 3. The van der Waals surface area contributed by atoms with Crippen LogP contribution < -0.4 is 10.6 Å². The van der Waals surface area contributed by atoms with E-state index in [0.717, 1.165) is 38.5 Å². The minimum absolute atomic E-state index is 0.0961. The topological polar surface area (TPSA) is 67.4 Å². The lowest BCUT2D eigenvalue weighted by Crippen LogP contribution is -2.54. The van der Waals surface area contributed by atoms with Gasteiger partial charge in [-0.25, -0.2) is 4.79 Å². The summed E-state index contributed by atoms with van der Waals surface area (Å²) in [4.78, 5) is 24.2. The molecule has 1 aliphatic rings. The first-order valence-corrected chi connectivity index (χ1v) is 8.94.